The summed E-state index contributed by atoms with van der Waals surface area (Å²) in [6.07, 6.45) is 0. The van der Waals surface area contributed by atoms with Crippen molar-refractivity contribution in [3.05, 3.63) is 63.7 Å². The van der Waals surface area contributed by atoms with Crippen LogP contribution in [0, 0.1) is 17.0 Å². The van der Waals surface area contributed by atoms with Gasteiger partial charge in [0, 0.05) is 17.2 Å². The van der Waals surface area contributed by atoms with Gasteiger partial charge in [0.1, 0.15) is 5.75 Å². The van der Waals surface area contributed by atoms with Crippen LogP contribution in [-0.2, 0) is 10.0 Å². The molecule has 138 valence electrons. The maximum atomic E-state index is 12.3. The van der Waals surface area contributed by atoms with Gasteiger partial charge in [-0.3, -0.25) is 10.1 Å². The Labute approximate surface area is 151 Å². The van der Waals surface area contributed by atoms with E-state index in [4.69, 9.17) is 4.74 Å². The molecule has 0 spiro atoms. The van der Waals surface area contributed by atoms with Gasteiger partial charge >= 0.3 is 0 Å². The van der Waals surface area contributed by atoms with Crippen LogP contribution < -0.4 is 9.57 Å². The lowest BCUT2D eigenvalue weighted by Crippen LogP contribution is -2.20. The molecule has 0 aliphatic carbocycles. The van der Waals surface area contributed by atoms with E-state index in [9.17, 15) is 18.5 Å². The molecule has 0 atom stereocenters. The van der Waals surface area contributed by atoms with Gasteiger partial charge in [0.15, 0.2) is 0 Å². The maximum Gasteiger partial charge on any atom is 0.276 e. The second-order valence-corrected chi connectivity index (χ2v) is 7.12. The zero-order valence-corrected chi connectivity index (χ0v) is 15.4. The molecule has 2 rings (SSSR count). The van der Waals surface area contributed by atoms with Gasteiger partial charge in [-0.25, -0.2) is 0 Å². The highest BCUT2D eigenvalue weighted by Crippen LogP contribution is 2.20. The number of hydrogen-bond donors (Lipinski definition) is 1. The van der Waals surface area contributed by atoms with Crippen molar-refractivity contribution in [2.24, 2.45) is 5.10 Å². The third-order valence-electron chi connectivity index (χ3n) is 3.60. The van der Waals surface area contributed by atoms with Crippen molar-refractivity contribution in [2.75, 3.05) is 6.61 Å². The van der Waals surface area contributed by atoms with Gasteiger partial charge < -0.3 is 4.74 Å². The van der Waals surface area contributed by atoms with E-state index in [1.54, 1.807) is 38.1 Å². The van der Waals surface area contributed by atoms with E-state index >= 15 is 0 Å². The lowest BCUT2D eigenvalue weighted by molar-refractivity contribution is -0.385. The molecule has 8 nitrogen and oxygen atoms in total. The zero-order valence-electron chi connectivity index (χ0n) is 14.6. The Morgan fingerprint density at radius 2 is 1.88 bits per heavy atom. The number of sulfonamides is 1. The monoisotopic (exact) mass is 377 g/mol. The maximum absolute atomic E-state index is 12.3. The van der Waals surface area contributed by atoms with Gasteiger partial charge in [-0.1, -0.05) is 12.1 Å². The first-order valence-electron chi connectivity index (χ1n) is 7.79. The summed E-state index contributed by atoms with van der Waals surface area (Å²) in [6, 6.07) is 10.5. The molecule has 1 N–H and O–H groups in total. The van der Waals surface area contributed by atoms with Crippen LogP contribution in [0.3, 0.4) is 0 Å². The normalized spacial score (nSPS) is 11.9. The number of ether oxygens (including phenoxy) is 1. The van der Waals surface area contributed by atoms with Crippen molar-refractivity contribution in [1.29, 1.82) is 0 Å². The zero-order chi connectivity index (χ0) is 19.3. The van der Waals surface area contributed by atoms with Gasteiger partial charge in [0.2, 0.25) is 0 Å². The van der Waals surface area contributed by atoms with Crippen LogP contribution in [0.2, 0.25) is 0 Å². The molecule has 0 aliphatic heterocycles. The van der Waals surface area contributed by atoms with E-state index in [0.717, 1.165) is 0 Å². The van der Waals surface area contributed by atoms with Crippen LogP contribution in [0.5, 0.6) is 5.75 Å². The van der Waals surface area contributed by atoms with E-state index in [-0.39, 0.29) is 10.6 Å². The molecule has 0 radical (unpaired) electrons. The van der Waals surface area contributed by atoms with Gasteiger partial charge in [0.25, 0.3) is 15.7 Å². The van der Waals surface area contributed by atoms with Crippen molar-refractivity contribution >= 4 is 21.4 Å². The largest absolute Gasteiger partial charge is 0.494 e. The summed E-state index contributed by atoms with van der Waals surface area (Å²) < 4.78 is 29.9. The van der Waals surface area contributed by atoms with E-state index in [1.807, 2.05) is 6.92 Å². The third-order valence-corrected chi connectivity index (χ3v) is 4.83. The molecule has 0 unspecified atom stereocenters. The van der Waals surface area contributed by atoms with Gasteiger partial charge in [-0.05, 0) is 45.0 Å². The minimum Gasteiger partial charge on any atom is -0.494 e. The molecule has 0 amide bonds. The lowest BCUT2D eigenvalue weighted by Gasteiger charge is -2.07. The van der Waals surface area contributed by atoms with Crippen molar-refractivity contribution in [2.45, 2.75) is 25.7 Å². The van der Waals surface area contributed by atoms with E-state index in [0.29, 0.717) is 29.2 Å². The minimum atomic E-state index is -3.86. The van der Waals surface area contributed by atoms with Crippen LogP contribution in [0.15, 0.2) is 52.5 Å². The number of aryl methyl sites for hydroxylation is 1. The summed E-state index contributed by atoms with van der Waals surface area (Å²) in [5, 5.41) is 14.9. The second-order valence-electron chi connectivity index (χ2n) is 5.45. The Balaban J connectivity index is 2.21. The molecule has 0 aromatic heterocycles. The van der Waals surface area contributed by atoms with Crippen molar-refractivity contribution in [3.63, 3.8) is 0 Å². The summed E-state index contributed by atoms with van der Waals surface area (Å²) in [7, 11) is -3.86. The first-order valence-corrected chi connectivity index (χ1v) is 9.27. The third kappa shape index (κ3) is 4.57. The molecule has 26 heavy (non-hydrogen) atoms. The summed E-state index contributed by atoms with van der Waals surface area (Å²) in [5.74, 6) is 0.568. The Morgan fingerprint density at radius 3 is 2.46 bits per heavy atom. The number of benzene rings is 2. The molecule has 2 aromatic rings. The summed E-state index contributed by atoms with van der Waals surface area (Å²) in [4.78, 5) is 12.7. The predicted octanol–water partition coefficient (Wildman–Crippen LogP) is 3.00. The number of nitro benzene ring substituents is 1. The average Bonchev–Trinajstić information content (AvgIpc) is 2.60. The van der Waals surface area contributed by atoms with Crippen LogP contribution >= 0.6 is 0 Å². The smallest absolute Gasteiger partial charge is 0.276 e. The van der Waals surface area contributed by atoms with Crippen LogP contribution in [0.1, 0.15) is 25.0 Å². The SMILES string of the molecule is CCOc1ccc(S(=O)(=O)NN=C(C)c2ccc(C)c([N+](=O)[O-])c2)cc1. The number of hydrogen-bond acceptors (Lipinski definition) is 6. The first-order chi connectivity index (χ1) is 12.2. The number of hydrazone groups is 1. The van der Waals surface area contributed by atoms with Crippen LogP contribution in [-0.4, -0.2) is 25.7 Å². The van der Waals surface area contributed by atoms with Gasteiger partial charge in [-0.2, -0.15) is 18.4 Å². The molecule has 0 fully saturated rings. The molecule has 0 heterocycles. The molecule has 2 aromatic carbocycles. The summed E-state index contributed by atoms with van der Waals surface area (Å²) in [6.45, 7) is 5.51. The number of nitro groups is 1. The molecule has 0 bridgehead atoms. The Kier molecular flexibility index (Phi) is 5.93. The Morgan fingerprint density at radius 1 is 1.23 bits per heavy atom. The summed E-state index contributed by atoms with van der Waals surface area (Å²) in [5.41, 5.74) is 1.23. The minimum absolute atomic E-state index is 0.0346. The molecular weight excluding hydrogens is 358 g/mol. The highest BCUT2D eigenvalue weighted by atomic mass is 32.2. The first kappa shape index (κ1) is 19.4. The quantitative estimate of drug-likeness (QED) is 0.453. The fourth-order valence-corrected chi connectivity index (χ4v) is 3.02. The molecule has 0 aliphatic rings. The number of nitrogens with zero attached hydrogens (tertiary/aromatic N) is 2. The Hall–Kier alpha value is -2.94. The fraction of sp³-hybridized carbons (Fsp3) is 0.235. The van der Waals surface area contributed by atoms with E-state index in [1.165, 1.54) is 18.2 Å². The molecule has 0 saturated heterocycles. The van der Waals surface area contributed by atoms with E-state index < -0.39 is 14.9 Å². The van der Waals surface area contributed by atoms with Gasteiger partial charge in [0.05, 0.1) is 22.1 Å². The second kappa shape index (κ2) is 7.96. The van der Waals surface area contributed by atoms with Crippen LogP contribution in [0.25, 0.3) is 0 Å². The van der Waals surface area contributed by atoms with Crippen molar-refractivity contribution < 1.29 is 18.1 Å². The Bertz CT molecular complexity index is 937. The fourth-order valence-electron chi connectivity index (χ4n) is 2.16. The van der Waals surface area contributed by atoms with Crippen LogP contribution in [0.4, 0.5) is 5.69 Å². The highest BCUT2D eigenvalue weighted by molar-refractivity contribution is 7.89. The van der Waals surface area contributed by atoms with E-state index in [2.05, 4.69) is 9.93 Å². The highest BCUT2D eigenvalue weighted by Gasteiger charge is 2.15. The van der Waals surface area contributed by atoms with Gasteiger partial charge in [-0.15, -0.1) is 0 Å². The van der Waals surface area contributed by atoms with Crippen molar-refractivity contribution in [1.82, 2.24) is 4.83 Å². The predicted molar refractivity (Wildman–Crippen MR) is 98.0 cm³/mol. The topological polar surface area (TPSA) is 111 Å². The number of rotatable bonds is 7. The lowest BCUT2D eigenvalue weighted by atomic mass is 10.1. The summed E-state index contributed by atoms with van der Waals surface area (Å²) >= 11 is 0. The van der Waals surface area contributed by atoms with Crippen molar-refractivity contribution in [3.8, 4) is 5.75 Å². The molecular formula is C17H19N3O5S. The number of nitrogens with one attached hydrogen (secondary N) is 1. The molecule has 0 saturated carbocycles. The standard InChI is InChI=1S/C17H19N3O5S/c1-4-25-15-7-9-16(10-8-15)26(23,24)19-18-13(3)14-6-5-12(2)17(11-14)20(21)22/h5-11,19H,4H2,1-3H3. The average molecular weight is 377 g/mol. The molecule has 9 heteroatoms.